The van der Waals surface area contributed by atoms with Gasteiger partial charge in [-0.25, -0.2) is 0 Å². The Morgan fingerprint density at radius 1 is 1.35 bits per heavy atom. The van der Waals surface area contributed by atoms with Crippen LogP contribution in [0.15, 0.2) is 6.07 Å². The van der Waals surface area contributed by atoms with E-state index in [9.17, 15) is 4.79 Å². The van der Waals surface area contributed by atoms with E-state index in [1.54, 1.807) is 14.2 Å². The average Bonchev–Trinajstić information content (AvgIpc) is 2.31. The molecule has 0 fully saturated rings. The van der Waals surface area contributed by atoms with Gasteiger partial charge in [0.05, 0.1) is 12.8 Å². The number of hydrogen-bond donors (Lipinski definition) is 1. The Kier molecular flexibility index (Phi) is 4.12. The molecule has 0 radical (unpaired) electrons. The molecule has 1 rings (SSSR count). The van der Waals surface area contributed by atoms with Gasteiger partial charge in [-0.3, -0.25) is 4.79 Å². The maximum absolute atomic E-state index is 11.5. The van der Waals surface area contributed by atoms with E-state index in [0.29, 0.717) is 5.75 Å². The largest absolute Gasteiger partial charge is 0.494 e. The monoisotopic (exact) mass is 237 g/mol. The smallest absolute Gasteiger partial charge is 0.252 e. The SMILES string of the molecule is COc1c(C)c(C)cc(C)c1N(C)C(=O)CO. The minimum Gasteiger partial charge on any atom is -0.494 e. The third-order valence-corrected chi connectivity index (χ3v) is 3.00. The van der Waals surface area contributed by atoms with Crippen molar-refractivity contribution in [1.82, 2.24) is 0 Å². The van der Waals surface area contributed by atoms with Crippen LogP contribution in [0.5, 0.6) is 5.75 Å². The number of ether oxygens (including phenoxy) is 1. The van der Waals surface area contributed by atoms with Gasteiger partial charge in [0.2, 0.25) is 0 Å². The number of nitrogens with zero attached hydrogens (tertiary/aromatic N) is 1. The minimum atomic E-state index is -0.508. The van der Waals surface area contributed by atoms with Crippen LogP contribution < -0.4 is 9.64 Å². The lowest BCUT2D eigenvalue weighted by Gasteiger charge is -2.23. The van der Waals surface area contributed by atoms with E-state index in [-0.39, 0.29) is 5.91 Å². The summed E-state index contributed by atoms with van der Waals surface area (Å²) in [6, 6.07) is 2.01. The van der Waals surface area contributed by atoms with E-state index in [4.69, 9.17) is 9.84 Å². The van der Waals surface area contributed by atoms with Crippen molar-refractivity contribution < 1.29 is 14.6 Å². The molecule has 4 heteroatoms. The number of methoxy groups -OCH3 is 1. The number of rotatable bonds is 3. The summed E-state index contributed by atoms with van der Waals surface area (Å²) in [6.45, 7) is 5.37. The second kappa shape index (κ2) is 5.19. The molecule has 1 amide bonds. The van der Waals surface area contributed by atoms with Crippen molar-refractivity contribution in [2.75, 3.05) is 25.7 Å². The molecule has 0 saturated heterocycles. The molecule has 1 aromatic rings. The molecule has 0 aliphatic heterocycles. The minimum absolute atomic E-state index is 0.352. The Labute approximate surface area is 102 Å². The summed E-state index contributed by atoms with van der Waals surface area (Å²) in [6.07, 6.45) is 0. The number of carbonyl (C=O) groups excluding carboxylic acids is 1. The van der Waals surface area contributed by atoms with Crippen molar-refractivity contribution in [3.8, 4) is 5.75 Å². The van der Waals surface area contributed by atoms with Crippen molar-refractivity contribution in [3.05, 3.63) is 22.8 Å². The number of anilines is 1. The molecule has 17 heavy (non-hydrogen) atoms. The van der Waals surface area contributed by atoms with Crippen LogP contribution in [0, 0.1) is 20.8 Å². The normalized spacial score (nSPS) is 10.2. The van der Waals surface area contributed by atoms with Crippen LogP contribution in [0.1, 0.15) is 16.7 Å². The van der Waals surface area contributed by atoms with E-state index in [0.717, 1.165) is 22.4 Å². The second-order valence-corrected chi connectivity index (χ2v) is 4.13. The van der Waals surface area contributed by atoms with Crippen LogP contribution in [0.25, 0.3) is 0 Å². The number of carbonyl (C=O) groups is 1. The maximum atomic E-state index is 11.5. The molecule has 0 heterocycles. The molecule has 0 saturated carbocycles. The fraction of sp³-hybridized carbons (Fsp3) is 0.462. The molecule has 4 nitrogen and oxygen atoms in total. The molecule has 0 atom stereocenters. The van der Waals surface area contributed by atoms with Crippen molar-refractivity contribution in [2.45, 2.75) is 20.8 Å². The van der Waals surface area contributed by atoms with Crippen LogP contribution in [0.4, 0.5) is 5.69 Å². The van der Waals surface area contributed by atoms with Crippen molar-refractivity contribution in [2.24, 2.45) is 0 Å². The second-order valence-electron chi connectivity index (χ2n) is 4.13. The molecular formula is C13H19NO3. The molecule has 0 aromatic heterocycles. The number of benzene rings is 1. The predicted octanol–water partition coefficient (Wildman–Crippen LogP) is 1.58. The van der Waals surface area contributed by atoms with Gasteiger partial charge in [0.1, 0.15) is 12.4 Å². The van der Waals surface area contributed by atoms with Crippen LogP contribution in [-0.4, -0.2) is 31.8 Å². The third kappa shape index (κ3) is 2.42. The van der Waals surface area contributed by atoms with Gasteiger partial charge in [-0.2, -0.15) is 0 Å². The summed E-state index contributed by atoms with van der Waals surface area (Å²) in [5.41, 5.74) is 3.79. The Morgan fingerprint density at radius 2 is 1.94 bits per heavy atom. The first-order valence-corrected chi connectivity index (χ1v) is 5.46. The number of likely N-dealkylation sites (N-methyl/N-ethyl adjacent to an activating group) is 1. The highest BCUT2D eigenvalue weighted by atomic mass is 16.5. The number of aryl methyl sites for hydroxylation is 2. The lowest BCUT2D eigenvalue weighted by Crippen LogP contribution is -2.30. The fourth-order valence-electron chi connectivity index (χ4n) is 1.93. The molecule has 0 spiro atoms. The zero-order chi connectivity index (χ0) is 13.2. The van der Waals surface area contributed by atoms with Crippen LogP contribution in [-0.2, 0) is 4.79 Å². The standard InChI is InChI=1S/C13H19NO3/c1-8-6-9(2)12(13(17-5)10(8)3)14(4)11(16)7-15/h6,15H,7H2,1-5H3. The summed E-state index contributed by atoms with van der Waals surface area (Å²) in [4.78, 5) is 13.0. The van der Waals surface area contributed by atoms with Gasteiger partial charge in [-0.15, -0.1) is 0 Å². The molecule has 1 aromatic carbocycles. The molecule has 0 unspecified atom stereocenters. The third-order valence-electron chi connectivity index (χ3n) is 3.00. The quantitative estimate of drug-likeness (QED) is 0.868. The highest BCUT2D eigenvalue weighted by Gasteiger charge is 2.19. The predicted molar refractivity (Wildman–Crippen MR) is 67.7 cm³/mol. The summed E-state index contributed by atoms with van der Waals surface area (Å²) < 4.78 is 5.38. The number of amides is 1. The lowest BCUT2D eigenvalue weighted by molar-refractivity contribution is -0.121. The molecule has 1 N–H and O–H groups in total. The van der Waals surface area contributed by atoms with Gasteiger partial charge in [-0.1, -0.05) is 6.07 Å². The maximum Gasteiger partial charge on any atom is 0.252 e. The topological polar surface area (TPSA) is 49.8 Å². The number of aliphatic hydroxyl groups is 1. The summed E-state index contributed by atoms with van der Waals surface area (Å²) >= 11 is 0. The Hall–Kier alpha value is -1.55. The van der Waals surface area contributed by atoms with Gasteiger partial charge < -0.3 is 14.7 Å². The zero-order valence-corrected chi connectivity index (χ0v) is 11.0. The van der Waals surface area contributed by atoms with Crippen molar-refractivity contribution in [1.29, 1.82) is 0 Å². The zero-order valence-electron chi connectivity index (χ0n) is 11.0. The van der Waals surface area contributed by atoms with Gasteiger partial charge >= 0.3 is 0 Å². The Morgan fingerprint density at radius 3 is 2.41 bits per heavy atom. The molecule has 94 valence electrons. The van der Waals surface area contributed by atoms with E-state index < -0.39 is 6.61 Å². The first-order valence-electron chi connectivity index (χ1n) is 5.46. The van der Waals surface area contributed by atoms with Crippen LogP contribution in [0.3, 0.4) is 0 Å². The number of hydrogen-bond acceptors (Lipinski definition) is 3. The summed E-state index contributed by atoms with van der Waals surface area (Å²) in [7, 11) is 3.22. The fourth-order valence-corrected chi connectivity index (χ4v) is 1.93. The molecular weight excluding hydrogens is 218 g/mol. The highest BCUT2D eigenvalue weighted by molar-refractivity contribution is 5.96. The van der Waals surface area contributed by atoms with Gasteiger partial charge in [0.25, 0.3) is 5.91 Å². The van der Waals surface area contributed by atoms with Gasteiger partial charge in [-0.05, 0) is 37.5 Å². The van der Waals surface area contributed by atoms with Gasteiger partial charge in [0, 0.05) is 7.05 Å². The Bertz CT molecular complexity index is 441. The van der Waals surface area contributed by atoms with Gasteiger partial charge in [0.15, 0.2) is 0 Å². The van der Waals surface area contributed by atoms with E-state index in [1.165, 1.54) is 4.90 Å². The molecule has 0 aliphatic carbocycles. The summed E-state index contributed by atoms with van der Waals surface area (Å²) in [5, 5.41) is 8.91. The first kappa shape index (κ1) is 13.5. The average molecular weight is 237 g/mol. The molecule has 0 bridgehead atoms. The van der Waals surface area contributed by atoms with E-state index in [2.05, 4.69) is 0 Å². The van der Waals surface area contributed by atoms with E-state index in [1.807, 2.05) is 26.8 Å². The first-order chi connectivity index (χ1) is 7.93. The molecule has 0 aliphatic rings. The lowest BCUT2D eigenvalue weighted by atomic mass is 10.0. The van der Waals surface area contributed by atoms with Crippen LogP contribution in [0.2, 0.25) is 0 Å². The summed E-state index contributed by atoms with van der Waals surface area (Å²) in [5.74, 6) is 0.335. The number of aliphatic hydroxyl groups excluding tert-OH is 1. The van der Waals surface area contributed by atoms with Crippen molar-refractivity contribution >= 4 is 11.6 Å². The highest BCUT2D eigenvalue weighted by Crippen LogP contribution is 2.36. The van der Waals surface area contributed by atoms with E-state index >= 15 is 0 Å². The van der Waals surface area contributed by atoms with Crippen molar-refractivity contribution in [3.63, 3.8) is 0 Å². The Balaban J connectivity index is 3.41. The van der Waals surface area contributed by atoms with Crippen LogP contribution >= 0.6 is 0 Å².